The summed E-state index contributed by atoms with van der Waals surface area (Å²) in [7, 11) is 0. The molecule has 0 bridgehead atoms. The highest BCUT2D eigenvalue weighted by atomic mass is 32.1. The van der Waals surface area contributed by atoms with Gasteiger partial charge < -0.3 is 15.4 Å². The Bertz CT molecular complexity index is 969. The van der Waals surface area contributed by atoms with Gasteiger partial charge in [-0.2, -0.15) is 0 Å². The Morgan fingerprint density at radius 3 is 2.55 bits per heavy atom. The number of hydrogen-bond acceptors (Lipinski definition) is 6. The fraction of sp³-hybridized carbons (Fsp3) is 0.300. The molecular weight excluding hydrogens is 394 g/mol. The van der Waals surface area contributed by atoms with E-state index < -0.39 is 35.9 Å². The summed E-state index contributed by atoms with van der Waals surface area (Å²) in [6.45, 7) is 4.96. The predicted octanol–water partition coefficient (Wildman–Crippen LogP) is 2.64. The molecule has 2 aromatic rings. The lowest BCUT2D eigenvalue weighted by atomic mass is 9.91. The van der Waals surface area contributed by atoms with Gasteiger partial charge in [-0.1, -0.05) is 29.8 Å². The average Bonchev–Trinajstić information content (AvgIpc) is 3.21. The summed E-state index contributed by atoms with van der Waals surface area (Å²) in [5.74, 6) is -1.65. The first-order valence-corrected chi connectivity index (χ1v) is 9.90. The van der Waals surface area contributed by atoms with Crippen LogP contribution in [0.3, 0.4) is 0 Å². The van der Waals surface area contributed by atoms with Gasteiger partial charge in [0, 0.05) is 0 Å². The molecular formula is C20H21N3O5S. The number of ether oxygens (including phenoxy) is 1. The van der Waals surface area contributed by atoms with Crippen molar-refractivity contribution in [2.75, 3.05) is 18.5 Å². The van der Waals surface area contributed by atoms with Gasteiger partial charge in [0.1, 0.15) is 17.1 Å². The summed E-state index contributed by atoms with van der Waals surface area (Å²) in [5, 5.41) is 7.19. The second-order valence-electron chi connectivity index (χ2n) is 6.74. The molecule has 152 valence electrons. The van der Waals surface area contributed by atoms with Crippen LogP contribution in [0.25, 0.3) is 0 Å². The third-order valence-corrected chi connectivity index (χ3v) is 5.45. The lowest BCUT2D eigenvalue weighted by Crippen LogP contribution is -2.42. The summed E-state index contributed by atoms with van der Waals surface area (Å²) in [4.78, 5) is 50.5. The zero-order valence-corrected chi connectivity index (χ0v) is 17.1. The summed E-state index contributed by atoms with van der Waals surface area (Å²) >= 11 is 1.15. The van der Waals surface area contributed by atoms with Gasteiger partial charge in [-0.3, -0.25) is 14.5 Å². The molecule has 3 rings (SSSR count). The Labute approximate surface area is 171 Å². The van der Waals surface area contributed by atoms with E-state index >= 15 is 0 Å². The summed E-state index contributed by atoms with van der Waals surface area (Å²) in [5.41, 5.74) is 0.641. The van der Waals surface area contributed by atoms with Gasteiger partial charge in [0.2, 0.25) is 5.91 Å². The van der Waals surface area contributed by atoms with Gasteiger partial charge in [-0.05, 0) is 37.8 Å². The SMILES string of the molecule is CCOC(=O)c1ccsc1NC(=O)CN1C(=O)N[C@](C)(c2ccc(C)cc2)C1=O. The Balaban J connectivity index is 1.72. The number of urea groups is 1. The number of amides is 4. The van der Waals surface area contributed by atoms with Crippen molar-refractivity contribution in [1.29, 1.82) is 0 Å². The van der Waals surface area contributed by atoms with E-state index in [0.717, 1.165) is 21.8 Å². The molecule has 9 heteroatoms. The van der Waals surface area contributed by atoms with E-state index in [4.69, 9.17) is 4.74 Å². The highest BCUT2D eigenvalue weighted by Gasteiger charge is 2.49. The minimum absolute atomic E-state index is 0.210. The molecule has 2 N–H and O–H groups in total. The third kappa shape index (κ3) is 4.00. The summed E-state index contributed by atoms with van der Waals surface area (Å²) < 4.78 is 4.95. The van der Waals surface area contributed by atoms with Gasteiger partial charge in [-0.15, -0.1) is 11.3 Å². The molecule has 1 aliphatic rings. The van der Waals surface area contributed by atoms with Gasteiger partial charge >= 0.3 is 12.0 Å². The molecule has 0 radical (unpaired) electrons. The first-order chi connectivity index (χ1) is 13.8. The largest absolute Gasteiger partial charge is 0.462 e. The lowest BCUT2D eigenvalue weighted by molar-refractivity contribution is -0.133. The maximum atomic E-state index is 12.9. The Hall–Kier alpha value is -3.20. The minimum atomic E-state index is -1.25. The molecule has 1 atom stereocenters. The van der Waals surface area contributed by atoms with Crippen LogP contribution in [0.2, 0.25) is 0 Å². The number of benzene rings is 1. The van der Waals surface area contributed by atoms with Crippen LogP contribution in [0.5, 0.6) is 0 Å². The Morgan fingerprint density at radius 1 is 1.21 bits per heavy atom. The summed E-state index contributed by atoms with van der Waals surface area (Å²) in [6.07, 6.45) is 0. The molecule has 4 amide bonds. The van der Waals surface area contributed by atoms with Crippen molar-refractivity contribution in [2.24, 2.45) is 0 Å². The van der Waals surface area contributed by atoms with Crippen LogP contribution in [-0.4, -0.2) is 41.9 Å². The number of thiophene rings is 1. The number of imide groups is 1. The second-order valence-corrected chi connectivity index (χ2v) is 7.66. The quantitative estimate of drug-likeness (QED) is 0.557. The monoisotopic (exact) mass is 415 g/mol. The van der Waals surface area contributed by atoms with Crippen LogP contribution >= 0.6 is 11.3 Å². The van der Waals surface area contributed by atoms with E-state index in [0.29, 0.717) is 10.6 Å². The molecule has 1 aliphatic heterocycles. The molecule has 0 saturated carbocycles. The van der Waals surface area contributed by atoms with Crippen LogP contribution in [0.1, 0.15) is 35.3 Å². The van der Waals surface area contributed by atoms with Crippen molar-refractivity contribution in [2.45, 2.75) is 26.3 Å². The van der Waals surface area contributed by atoms with Crippen LogP contribution in [-0.2, 0) is 19.9 Å². The van der Waals surface area contributed by atoms with Crippen molar-refractivity contribution in [3.8, 4) is 0 Å². The van der Waals surface area contributed by atoms with Crippen LogP contribution < -0.4 is 10.6 Å². The number of carbonyl (C=O) groups excluding carboxylic acids is 4. The fourth-order valence-corrected chi connectivity index (χ4v) is 3.80. The van der Waals surface area contributed by atoms with Gasteiger partial charge in [0.25, 0.3) is 5.91 Å². The van der Waals surface area contributed by atoms with Crippen LogP contribution in [0, 0.1) is 6.92 Å². The van der Waals surface area contributed by atoms with Gasteiger partial charge in [0.05, 0.1) is 12.2 Å². The maximum absolute atomic E-state index is 12.9. The van der Waals surface area contributed by atoms with Crippen molar-refractivity contribution >= 4 is 40.2 Å². The number of hydrogen-bond donors (Lipinski definition) is 2. The zero-order chi connectivity index (χ0) is 21.2. The molecule has 1 aromatic carbocycles. The maximum Gasteiger partial charge on any atom is 0.341 e. The normalized spacial score (nSPS) is 18.5. The summed E-state index contributed by atoms with van der Waals surface area (Å²) in [6, 6.07) is 8.14. The fourth-order valence-electron chi connectivity index (χ4n) is 3.01. The first-order valence-electron chi connectivity index (χ1n) is 9.02. The molecule has 8 nitrogen and oxygen atoms in total. The van der Waals surface area contributed by atoms with Crippen molar-refractivity contribution in [3.05, 3.63) is 52.4 Å². The molecule has 1 fully saturated rings. The van der Waals surface area contributed by atoms with Gasteiger partial charge in [0.15, 0.2) is 0 Å². The number of anilines is 1. The molecule has 0 spiro atoms. The number of nitrogens with zero attached hydrogens (tertiary/aromatic N) is 1. The molecule has 0 unspecified atom stereocenters. The second kappa shape index (κ2) is 8.04. The van der Waals surface area contributed by atoms with E-state index in [1.54, 1.807) is 37.4 Å². The Kier molecular flexibility index (Phi) is 5.69. The highest BCUT2D eigenvalue weighted by molar-refractivity contribution is 7.14. The smallest absolute Gasteiger partial charge is 0.341 e. The average molecular weight is 415 g/mol. The number of rotatable bonds is 6. The molecule has 1 aromatic heterocycles. The number of carbonyl (C=O) groups is 4. The minimum Gasteiger partial charge on any atom is -0.462 e. The zero-order valence-electron chi connectivity index (χ0n) is 16.3. The standard InChI is InChI=1S/C20H21N3O5S/c1-4-28-17(25)14-9-10-29-16(14)21-15(24)11-23-18(26)20(3,22-19(23)27)13-7-5-12(2)6-8-13/h5-10H,4,11H2,1-3H3,(H,21,24)(H,22,27)/t20-/m1/s1. The molecule has 1 saturated heterocycles. The van der Waals surface area contributed by atoms with E-state index in [1.807, 2.05) is 19.1 Å². The molecule has 0 aliphatic carbocycles. The van der Waals surface area contributed by atoms with Crippen LogP contribution in [0.15, 0.2) is 35.7 Å². The number of esters is 1. The first kappa shape index (κ1) is 20.5. The third-order valence-electron chi connectivity index (χ3n) is 4.62. The topological polar surface area (TPSA) is 105 Å². The number of nitrogens with one attached hydrogen (secondary N) is 2. The number of aryl methyl sites for hydroxylation is 1. The van der Waals surface area contributed by atoms with Crippen LogP contribution in [0.4, 0.5) is 9.80 Å². The van der Waals surface area contributed by atoms with E-state index in [1.165, 1.54) is 0 Å². The predicted molar refractivity (Wildman–Crippen MR) is 108 cm³/mol. The van der Waals surface area contributed by atoms with Crippen molar-refractivity contribution in [3.63, 3.8) is 0 Å². The molecule has 29 heavy (non-hydrogen) atoms. The van der Waals surface area contributed by atoms with E-state index in [2.05, 4.69) is 10.6 Å². The highest BCUT2D eigenvalue weighted by Crippen LogP contribution is 2.29. The van der Waals surface area contributed by atoms with Gasteiger partial charge in [-0.25, -0.2) is 9.59 Å². The Morgan fingerprint density at radius 2 is 1.90 bits per heavy atom. The van der Waals surface area contributed by atoms with E-state index in [9.17, 15) is 19.2 Å². The lowest BCUT2D eigenvalue weighted by Gasteiger charge is -2.22. The van der Waals surface area contributed by atoms with E-state index in [-0.39, 0.29) is 12.2 Å². The van der Waals surface area contributed by atoms with Crippen molar-refractivity contribution in [1.82, 2.24) is 10.2 Å². The van der Waals surface area contributed by atoms with Crippen molar-refractivity contribution < 1.29 is 23.9 Å². The molecule has 2 heterocycles.